The highest BCUT2D eigenvalue weighted by Gasteiger charge is 2.40. The van der Waals surface area contributed by atoms with Crippen LogP contribution >= 0.6 is 15.9 Å². The van der Waals surface area contributed by atoms with Gasteiger partial charge in [0.1, 0.15) is 12.2 Å². The number of ether oxygens (including phenoxy) is 2. The average molecular weight is 717 g/mol. The molecule has 0 spiro atoms. The molecule has 0 saturated carbocycles. The number of terminal acetylenes is 1. The predicted molar refractivity (Wildman–Crippen MR) is 193 cm³/mol. The number of halogens is 1. The number of amides is 4. The zero-order chi connectivity index (χ0) is 34.1. The molecule has 0 bridgehead atoms. The summed E-state index contributed by atoms with van der Waals surface area (Å²) in [6.45, 7) is 4.05. The fourth-order valence-electron chi connectivity index (χ4n) is 7.22. The van der Waals surface area contributed by atoms with E-state index < -0.39 is 17.8 Å². The largest absolute Gasteiger partial charge is 0.490 e. The Bertz CT molecular complexity index is 1950. The van der Waals surface area contributed by atoms with Gasteiger partial charge in [-0.1, -0.05) is 66.6 Å². The Balaban J connectivity index is 1.35. The minimum absolute atomic E-state index is 0.0356. The van der Waals surface area contributed by atoms with E-state index in [0.29, 0.717) is 33.8 Å². The first kappa shape index (κ1) is 32.2. The molecule has 1 N–H and O–H groups in total. The molecule has 4 amide bonds. The molecule has 7 rings (SSSR count). The minimum Gasteiger partial charge on any atom is -0.490 e. The number of urea groups is 1. The van der Waals surface area contributed by atoms with Crippen LogP contribution in [0.1, 0.15) is 59.4 Å². The van der Waals surface area contributed by atoms with Gasteiger partial charge in [-0.2, -0.15) is 0 Å². The van der Waals surface area contributed by atoms with Crippen LogP contribution in [0.15, 0.2) is 95.0 Å². The number of anilines is 2. The third-order valence-electron chi connectivity index (χ3n) is 9.30. The van der Waals surface area contributed by atoms with E-state index in [1.807, 2.05) is 55.5 Å². The number of hydrogen-bond acceptors (Lipinski definition) is 6. The molecule has 49 heavy (non-hydrogen) atoms. The molecule has 246 valence electrons. The van der Waals surface area contributed by atoms with E-state index in [2.05, 4.69) is 56.3 Å². The number of carbonyl (C=O) groups is 3. The Morgan fingerprint density at radius 2 is 1.51 bits per heavy atom. The maximum Gasteiger partial charge on any atom is 0.335 e. The normalized spacial score (nSPS) is 19.3. The van der Waals surface area contributed by atoms with Crippen molar-refractivity contribution in [3.05, 3.63) is 123 Å². The van der Waals surface area contributed by atoms with Gasteiger partial charge in [-0.15, -0.1) is 6.42 Å². The van der Waals surface area contributed by atoms with Crippen molar-refractivity contribution in [1.82, 2.24) is 5.32 Å². The number of rotatable bonds is 8. The van der Waals surface area contributed by atoms with Gasteiger partial charge in [-0.25, -0.2) is 9.69 Å². The van der Waals surface area contributed by atoms with E-state index in [-0.39, 0.29) is 24.0 Å². The van der Waals surface area contributed by atoms with E-state index >= 15 is 0 Å². The molecule has 1 fully saturated rings. The Morgan fingerprint density at radius 1 is 0.898 bits per heavy atom. The fourth-order valence-corrected chi connectivity index (χ4v) is 7.79. The number of hydrogen-bond donors (Lipinski definition) is 1. The van der Waals surface area contributed by atoms with E-state index in [1.165, 1.54) is 22.9 Å². The number of imide groups is 2. The van der Waals surface area contributed by atoms with Crippen LogP contribution in [-0.4, -0.2) is 44.1 Å². The van der Waals surface area contributed by atoms with Crippen molar-refractivity contribution in [2.75, 3.05) is 36.1 Å². The molecule has 3 heterocycles. The maximum absolute atomic E-state index is 14.3. The molecule has 0 unspecified atom stereocenters. The molecule has 4 aromatic carbocycles. The summed E-state index contributed by atoms with van der Waals surface area (Å²) in [5.74, 6) is 1.91. The standard InChI is InChI=1S/C40H34BrN3O5/c1-3-19-49-37-34(41)21-25(22-35(37)48-4-2)20-33-38(45)42-40(47)44(39(33)46)28-23-31-29(26-11-7-5-8-12-26)15-17-43-18-16-30(32(24-28)36(31)43)27-13-9-6-10-14-27/h1,5-14,20-24,29-30H,4,15-19H2,2H3,(H,42,45,47)/b33-20+/t29-,30+. The Hall–Kier alpha value is -5.33. The van der Waals surface area contributed by atoms with Gasteiger partial charge in [0, 0.05) is 30.6 Å². The van der Waals surface area contributed by atoms with Crippen LogP contribution in [0.4, 0.5) is 16.2 Å². The topological polar surface area (TPSA) is 88.2 Å². The predicted octanol–water partition coefficient (Wildman–Crippen LogP) is 7.40. The number of carbonyl (C=O) groups excluding carboxylic acids is 3. The Morgan fingerprint density at radius 3 is 2.08 bits per heavy atom. The van der Waals surface area contributed by atoms with E-state index in [4.69, 9.17) is 15.9 Å². The second-order valence-electron chi connectivity index (χ2n) is 12.2. The van der Waals surface area contributed by atoms with Gasteiger partial charge in [0.15, 0.2) is 11.5 Å². The van der Waals surface area contributed by atoms with Crippen LogP contribution in [-0.2, 0) is 9.59 Å². The summed E-state index contributed by atoms with van der Waals surface area (Å²) >= 11 is 3.51. The van der Waals surface area contributed by atoms with Crippen LogP contribution in [0, 0.1) is 12.3 Å². The molecule has 0 aliphatic carbocycles. The van der Waals surface area contributed by atoms with Gasteiger partial charge in [0.05, 0.1) is 16.8 Å². The van der Waals surface area contributed by atoms with Gasteiger partial charge in [-0.3, -0.25) is 14.9 Å². The lowest BCUT2D eigenvalue weighted by atomic mass is 9.76. The van der Waals surface area contributed by atoms with Crippen LogP contribution < -0.4 is 24.6 Å². The van der Waals surface area contributed by atoms with Gasteiger partial charge in [0.2, 0.25) is 0 Å². The zero-order valence-electron chi connectivity index (χ0n) is 26.9. The highest BCUT2D eigenvalue weighted by atomic mass is 79.9. The van der Waals surface area contributed by atoms with Crippen LogP contribution in [0.5, 0.6) is 11.5 Å². The van der Waals surface area contributed by atoms with Crippen LogP contribution in [0.2, 0.25) is 0 Å². The summed E-state index contributed by atoms with van der Waals surface area (Å²) in [5, 5.41) is 2.41. The second-order valence-corrected chi connectivity index (χ2v) is 13.0. The summed E-state index contributed by atoms with van der Waals surface area (Å²) in [6.07, 6.45) is 8.65. The lowest BCUT2D eigenvalue weighted by Gasteiger charge is -2.44. The summed E-state index contributed by atoms with van der Waals surface area (Å²) in [5.41, 5.74) is 6.41. The third kappa shape index (κ3) is 6.09. The number of nitrogens with one attached hydrogen (secondary N) is 1. The molecule has 3 aliphatic rings. The lowest BCUT2D eigenvalue weighted by Crippen LogP contribution is -2.54. The van der Waals surface area contributed by atoms with Crippen molar-refractivity contribution in [2.24, 2.45) is 0 Å². The molecule has 8 nitrogen and oxygen atoms in total. The SMILES string of the molecule is C#CCOc1c(Br)cc(/C=C2\C(=O)NC(=O)N(c3cc4c5c(c3)[C@H](c3ccccc3)CCN5CC[C@@H]4c3ccccc3)C2=O)cc1OCC. The van der Waals surface area contributed by atoms with E-state index in [0.717, 1.165) is 42.0 Å². The van der Waals surface area contributed by atoms with Gasteiger partial charge < -0.3 is 14.4 Å². The second kappa shape index (κ2) is 13.7. The molecule has 0 radical (unpaired) electrons. The van der Waals surface area contributed by atoms with Crippen molar-refractivity contribution in [1.29, 1.82) is 0 Å². The molecule has 2 atom stereocenters. The number of nitrogens with zero attached hydrogens (tertiary/aromatic N) is 2. The van der Waals surface area contributed by atoms with Gasteiger partial charge in [-0.05, 0) is 93.9 Å². The first-order chi connectivity index (χ1) is 23.9. The van der Waals surface area contributed by atoms with E-state index in [1.54, 1.807) is 12.1 Å². The lowest BCUT2D eigenvalue weighted by molar-refractivity contribution is -0.122. The van der Waals surface area contributed by atoms with Crippen molar-refractivity contribution in [2.45, 2.75) is 31.6 Å². The smallest absolute Gasteiger partial charge is 0.335 e. The van der Waals surface area contributed by atoms with Crippen LogP contribution in [0.3, 0.4) is 0 Å². The highest BCUT2D eigenvalue weighted by Crippen LogP contribution is 2.50. The molecular weight excluding hydrogens is 682 g/mol. The van der Waals surface area contributed by atoms with Crippen LogP contribution in [0.25, 0.3) is 6.08 Å². The zero-order valence-corrected chi connectivity index (χ0v) is 28.5. The van der Waals surface area contributed by atoms with Crippen molar-refractivity contribution in [3.8, 4) is 23.8 Å². The summed E-state index contributed by atoms with van der Waals surface area (Å²) in [4.78, 5) is 44.6. The maximum atomic E-state index is 14.3. The molecule has 3 aliphatic heterocycles. The Kier molecular flexibility index (Phi) is 8.98. The first-order valence-corrected chi connectivity index (χ1v) is 17.1. The summed E-state index contributed by atoms with van der Waals surface area (Å²) < 4.78 is 12.0. The van der Waals surface area contributed by atoms with Crippen molar-refractivity contribution in [3.63, 3.8) is 0 Å². The molecular formula is C40H34BrN3O5. The van der Waals surface area contributed by atoms with Gasteiger partial charge >= 0.3 is 6.03 Å². The van der Waals surface area contributed by atoms with Crippen molar-refractivity contribution >= 4 is 51.2 Å². The van der Waals surface area contributed by atoms with Gasteiger partial charge in [0.25, 0.3) is 11.8 Å². The highest BCUT2D eigenvalue weighted by molar-refractivity contribution is 9.10. The molecule has 9 heteroatoms. The van der Waals surface area contributed by atoms with E-state index in [9.17, 15) is 14.4 Å². The number of benzene rings is 4. The first-order valence-electron chi connectivity index (χ1n) is 16.3. The minimum atomic E-state index is -0.787. The third-order valence-corrected chi connectivity index (χ3v) is 9.89. The average Bonchev–Trinajstić information content (AvgIpc) is 3.11. The summed E-state index contributed by atoms with van der Waals surface area (Å²) in [7, 11) is 0. The molecule has 4 aromatic rings. The monoisotopic (exact) mass is 715 g/mol. The molecule has 1 saturated heterocycles. The van der Waals surface area contributed by atoms with Crippen molar-refractivity contribution < 1.29 is 23.9 Å². The quantitative estimate of drug-likeness (QED) is 0.116. The number of barbiturate groups is 1. The summed E-state index contributed by atoms with van der Waals surface area (Å²) in [6, 6.07) is 27.2. The Labute approximate surface area is 293 Å². The fraction of sp³-hybridized carbons (Fsp3) is 0.225. The molecule has 0 aromatic heterocycles.